The average Bonchev–Trinajstić information content (AvgIpc) is 2.77. The lowest BCUT2D eigenvalue weighted by Gasteiger charge is -2.09. The molecule has 0 heterocycles. The monoisotopic (exact) mass is 390 g/mol. The molecule has 0 radical (unpaired) electrons. The van der Waals surface area contributed by atoms with Gasteiger partial charge in [-0.2, -0.15) is 0 Å². The van der Waals surface area contributed by atoms with E-state index in [0.717, 1.165) is 22.6 Å². The second-order valence-electron chi connectivity index (χ2n) is 6.33. The summed E-state index contributed by atoms with van der Waals surface area (Å²) in [7, 11) is 1.58. The molecule has 0 bridgehead atoms. The third-order valence-electron chi connectivity index (χ3n) is 4.20. The summed E-state index contributed by atoms with van der Waals surface area (Å²) in [6, 6.07) is 23.7. The van der Waals surface area contributed by atoms with E-state index < -0.39 is 0 Å². The minimum atomic E-state index is -0.386. The van der Waals surface area contributed by atoms with Crippen molar-refractivity contribution in [2.24, 2.45) is 0 Å². The fourth-order valence-electron chi connectivity index (χ4n) is 2.61. The first-order valence-electron chi connectivity index (χ1n) is 9.13. The number of nitrogens with one attached hydrogen (secondary N) is 2. The Morgan fingerprint density at radius 3 is 2.07 bits per heavy atom. The van der Waals surface area contributed by atoms with E-state index in [1.807, 2.05) is 42.5 Å². The Kier molecular flexibility index (Phi) is 6.84. The van der Waals surface area contributed by atoms with Crippen LogP contribution in [0.1, 0.15) is 21.5 Å². The number of methoxy groups -OCH3 is 1. The van der Waals surface area contributed by atoms with Gasteiger partial charge in [-0.1, -0.05) is 42.5 Å². The van der Waals surface area contributed by atoms with E-state index in [1.54, 1.807) is 43.5 Å². The zero-order valence-electron chi connectivity index (χ0n) is 16.1. The quantitative estimate of drug-likeness (QED) is 0.607. The number of ether oxygens (including phenoxy) is 2. The molecule has 3 rings (SSSR count). The summed E-state index contributed by atoms with van der Waals surface area (Å²) in [5, 5.41) is 0. The third kappa shape index (κ3) is 6.10. The summed E-state index contributed by atoms with van der Waals surface area (Å²) < 4.78 is 10.8. The molecule has 148 valence electrons. The summed E-state index contributed by atoms with van der Waals surface area (Å²) in [5.74, 6) is 0.814. The lowest BCUT2D eigenvalue weighted by molar-refractivity contribution is -0.121. The molecule has 6 heteroatoms. The van der Waals surface area contributed by atoms with Crippen LogP contribution < -0.4 is 20.3 Å². The topological polar surface area (TPSA) is 76.7 Å². The molecule has 0 saturated carbocycles. The van der Waals surface area contributed by atoms with Crippen LogP contribution in [-0.4, -0.2) is 18.9 Å². The number of hydrogen-bond acceptors (Lipinski definition) is 4. The zero-order chi connectivity index (χ0) is 20.5. The van der Waals surface area contributed by atoms with Crippen molar-refractivity contribution >= 4 is 11.8 Å². The minimum absolute atomic E-state index is 0.153. The maximum atomic E-state index is 12.2. The first kappa shape index (κ1) is 19.9. The number of carbonyl (C=O) groups excluding carboxylic acids is 2. The molecule has 0 fully saturated rings. The van der Waals surface area contributed by atoms with Gasteiger partial charge in [0, 0.05) is 5.56 Å². The van der Waals surface area contributed by atoms with Crippen molar-refractivity contribution in [3.63, 3.8) is 0 Å². The van der Waals surface area contributed by atoms with Gasteiger partial charge >= 0.3 is 0 Å². The van der Waals surface area contributed by atoms with Crippen LogP contribution >= 0.6 is 0 Å². The number of amides is 2. The van der Waals surface area contributed by atoms with Gasteiger partial charge in [-0.25, -0.2) is 0 Å². The number of hydrogen-bond donors (Lipinski definition) is 2. The van der Waals surface area contributed by atoms with E-state index in [4.69, 9.17) is 9.47 Å². The molecule has 29 heavy (non-hydrogen) atoms. The Labute approximate surface area is 169 Å². The molecule has 0 saturated heterocycles. The number of benzene rings is 3. The van der Waals surface area contributed by atoms with Crippen LogP contribution in [0.2, 0.25) is 0 Å². The van der Waals surface area contributed by atoms with E-state index in [9.17, 15) is 9.59 Å². The predicted molar refractivity (Wildman–Crippen MR) is 110 cm³/mol. The first-order chi connectivity index (χ1) is 14.1. The van der Waals surface area contributed by atoms with Gasteiger partial charge in [0.05, 0.1) is 13.5 Å². The summed E-state index contributed by atoms with van der Waals surface area (Å²) in [6.45, 7) is 0.407. The summed E-state index contributed by atoms with van der Waals surface area (Å²) in [5.41, 5.74) is 7.05. The first-order valence-corrected chi connectivity index (χ1v) is 9.13. The van der Waals surface area contributed by atoms with Gasteiger partial charge in [0.25, 0.3) is 5.91 Å². The van der Waals surface area contributed by atoms with E-state index in [1.165, 1.54) is 0 Å². The van der Waals surface area contributed by atoms with Crippen molar-refractivity contribution in [1.82, 2.24) is 10.9 Å². The second kappa shape index (κ2) is 9.94. The van der Waals surface area contributed by atoms with E-state index in [2.05, 4.69) is 10.9 Å². The maximum Gasteiger partial charge on any atom is 0.269 e. The molecule has 2 amide bonds. The van der Waals surface area contributed by atoms with Gasteiger partial charge in [0.2, 0.25) is 5.91 Å². The molecule has 3 aromatic rings. The van der Waals surface area contributed by atoms with Crippen molar-refractivity contribution in [2.45, 2.75) is 13.0 Å². The average molecular weight is 390 g/mol. The van der Waals surface area contributed by atoms with Crippen molar-refractivity contribution in [1.29, 1.82) is 0 Å². The molecular weight excluding hydrogens is 368 g/mol. The number of rotatable bonds is 7. The van der Waals surface area contributed by atoms with Crippen LogP contribution in [0.3, 0.4) is 0 Å². The lowest BCUT2D eigenvalue weighted by Crippen LogP contribution is -2.42. The Bertz CT molecular complexity index is 939. The molecule has 0 aliphatic rings. The highest BCUT2D eigenvalue weighted by Gasteiger charge is 2.08. The standard InChI is InChI=1S/C23H22N2O4/c1-28-20-13-9-17(10-14-20)15-22(26)24-25-23(27)19-11-7-18(8-12-19)16-29-21-5-3-2-4-6-21/h2-14H,15-16H2,1H3,(H,24,26)(H,25,27). The molecule has 2 N–H and O–H groups in total. The largest absolute Gasteiger partial charge is 0.497 e. The van der Waals surface area contributed by atoms with Gasteiger partial charge in [-0.15, -0.1) is 0 Å². The SMILES string of the molecule is COc1ccc(CC(=O)NNC(=O)c2ccc(COc3ccccc3)cc2)cc1. The van der Waals surface area contributed by atoms with E-state index in [0.29, 0.717) is 12.2 Å². The molecular formula is C23H22N2O4. The molecule has 0 aromatic heterocycles. The van der Waals surface area contributed by atoms with Gasteiger partial charge in [0.15, 0.2) is 0 Å². The Balaban J connectivity index is 1.45. The summed E-state index contributed by atoms with van der Waals surface area (Å²) in [4.78, 5) is 24.2. The highest BCUT2D eigenvalue weighted by molar-refractivity contribution is 5.95. The Morgan fingerprint density at radius 2 is 1.41 bits per heavy atom. The fraction of sp³-hybridized carbons (Fsp3) is 0.130. The third-order valence-corrected chi connectivity index (χ3v) is 4.20. The van der Waals surface area contributed by atoms with Crippen LogP contribution in [0.25, 0.3) is 0 Å². The van der Waals surface area contributed by atoms with Gasteiger partial charge in [-0.3, -0.25) is 20.4 Å². The number of carbonyl (C=O) groups is 2. The number of hydrazine groups is 1. The van der Waals surface area contributed by atoms with E-state index in [-0.39, 0.29) is 18.2 Å². The fourth-order valence-corrected chi connectivity index (χ4v) is 2.61. The molecule has 0 aliphatic heterocycles. The van der Waals surface area contributed by atoms with Crippen LogP contribution in [0.15, 0.2) is 78.9 Å². The van der Waals surface area contributed by atoms with Crippen molar-refractivity contribution < 1.29 is 19.1 Å². The van der Waals surface area contributed by atoms with Crippen molar-refractivity contribution in [3.05, 3.63) is 95.6 Å². The van der Waals surface area contributed by atoms with Crippen LogP contribution in [0.5, 0.6) is 11.5 Å². The van der Waals surface area contributed by atoms with Crippen LogP contribution in [-0.2, 0) is 17.8 Å². The van der Waals surface area contributed by atoms with Crippen LogP contribution in [0, 0.1) is 0 Å². The normalized spacial score (nSPS) is 10.1. The Hall–Kier alpha value is -3.80. The lowest BCUT2D eigenvalue weighted by atomic mass is 10.1. The Morgan fingerprint density at radius 1 is 0.759 bits per heavy atom. The van der Waals surface area contributed by atoms with Crippen molar-refractivity contribution in [2.75, 3.05) is 7.11 Å². The van der Waals surface area contributed by atoms with Gasteiger partial charge < -0.3 is 9.47 Å². The molecule has 0 spiro atoms. The molecule has 0 atom stereocenters. The highest BCUT2D eigenvalue weighted by Crippen LogP contribution is 2.13. The maximum absolute atomic E-state index is 12.2. The number of para-hydroxylation sites is 1. The molecule has 0 aliphatic carbocycles. The van der Waals surface area contributed by atoms with Gasteiger partial charge in [-0.05, 0) is 47.5 Å². The molecule has 0 unspecified atom stereocenters. The van der Waals surface area contributed by atoms with Gasteiger partial charge in [0.1, 0.15) is 18.1 Å². The molecule has 3 aromatic carbocycles. The van der Waals surface area contributed by atoms with Crippen LogP contribution in [0.4, 0.5) is 0 Å². The summed E-state index contributed by atoms with van der Waals surface area (Å²) in [6.07, 6.45) is 0.153. The second-order valence-corrected chi connectivity index (χ2v) is 6.33. The zero-order valence-corrected chi connectivity index (χ0v) is 16.1. The smallest absolute Gasteiger partial charge is 0.269 e. The highest BCUT2D eigenvalue weighted by atomic mass is 16.5. The van der Waals surface area contributed by atoms with E-state index >= 15 is 0 Å². The van der Waals surface area contributed by atoms with Crippen molar-refractivity contribution in [3.8, 4) is 11.5 Å². The summed E-state index contributed by atoms with van der Waals surface area (Å²) >= 11 is 0. The minimum Gasteiger partial charge on any atom is -0.497 e. The molecule has 6 nitrogen and oxygen atoms in total. The predicted octanol–water partition coefficient (Wildman–Crippen LogP) is 3.28.